The maximum absolute atomic E-state index is 13.6. The number of non-ortho nitro benzene ring substituents is 1. The normalized spacial score (nSPS) is 11.1. The number of nitrogens with zero attached hydrogens (tertiary/aromatic N) is 1. The number of carbonyl (C=O) groups is 1. The summed E-state index contributed by atoms with van der Waals surface area (Å²) in [6.07, 6.45) is 0.237. The second-order valence-corrected chi connectivity index (χ2v) is 7.65. The molecule has 2 aromatic heterocycles. The Balaban J connectivity index is 1.72. The summed E-state index contributed by atoms with van der Waals surface area (Å²) in [5.74, 6) is 0.495. The second kappa shape index (κ2) is 8.32. The summed E-state index contributed by atoms with van der Waals surface area (Å²) in [4.78, 5) is 37.0. The highest BCUT2D eigenvalue weighted by atomic mass is 16.6. The van der Waals surface area contributed by atoms with Crippen molar-refractivity contribution in [1.82, 2.24) is 0 Å². The van der Waals surface area contributed by atoms with Crippen LogP contribution in [0.2, 0.25) is 0 Å². The lowest BCUT2D eigenvalue weighted by Crippen LogP contribution is -2.09. The van der Waals surface area contributed by atoms with E-state index in [-0.39, 0.29) is 34.2 Å². The summed E-state index contributed by atoms with van der Waals surface area (Å²) < 4.78 is 16.8. The number of hydrogen-bond donors (Lipinski definition) is 0. The molecule has 0 spiro atoms. The summed E-state index contributed by atoms with van der Waals surface area (Å²) in [6, 6.07) is 19.4. The molecular weight excluding hydrogens is 438 g/mol. The quantitative estimate of drug-likeness (QED) is 0.148. The molecule has 0 amide bonds. The van der Waals surface area contributed by atoms with E-state index in [0.29, 0.717) is 22.5 Å². The Morgan fingerprint density at radius 3 is 2.35 bits per heavy atom. The number of nitro benzene ring substituents is 1. The van der Waals surface area contributed by atoms with Crippen LogP contribution in [0.15, 0.2) is 86.4 Å². The largest absolute Gasteiger partial charge is 0.497 e. The predicted molar refractivity (Wildman–Crippen MR) is 125 cm³/mol. The van der Waals surface area contributed by atoms with Crippen molar-refractivity contribution in [1.29, 1.82) is 0 Å². The van der Waals surface area contributed by atoms with Crippen molar-refractivity contribution >= 4 is 33.4 Å². The van der Waals surface area contributed by atoms with Gasteiger partial charge >= 0.3 is 5.63 Å². The highest BCUT2D eigenvalue weighted by Gasteiger charge is 2.27. The third kappa shape index (κ3) is 3.61. The van der Waals surface area contributed by atoms with Crippen molar-refractivity contribution in [3.63, 3.8) is 0 Å². The number of carbonyl (C=O) groups excluding carboxylic acids is 1. The van der Waals surface area contributed by atoms with E-state index in [0.717, 1.165) is 5.56 Å². The lowest BCUT2D eigenvalue weighted by molar-refractivity contribution is -0.384. The summed E-state index contributed by atoms with van der Waals surface area (Å²) in [7, 11) is 1.57. The van der Waals surface area contributed by atoms with Gasteiger partial charge in [-0.1, -0.05) is 24.3 Å². The van der Waals surface area contributed by atoms with E-state index in [2.05, 4.69) is 0 Å². The molecule has 0 N–H and O–H groups in total. The van der Waals surface area contributed by atoms with Crippen LogP contribution in [0.5, 0.6) is 5.75 Å². The summed E-state index contributed by atoms with van der Waals surface area (Å²) in [6.45, 7) is 0. The van der Waals surface area contributed by atoms with Gasteiger partial charge in [-0.2, -0.15) is 0 Å². The lowest BCUT2D eigenvalue weighted by atomic mass is 9.97. The topological polar surface area (TPSA) is 113 Å². The lowest BCUT2D eigenvalue weighted by Gasteiger charge is -2.05. The number of benzene rings is 3. The number of ketones is 1. The smallest absolute Gasteiger partial charge is 0.348 e. The molecule has 8 heteroatoms. The Morgan fingerprint density at radius 1 is 0.971 bits per heavy atom. The van der Waals surface area contributed by atoms with Crippen LogP contribution in [0.1, 0.15) is 27.2 Å². The third-order valence-corrected chi connectivity index (χ3v) is 5.61. The number of para-hydroxylation sites is 1. The SMILES string of the molecule is COc1ccc(Cc2oc3c(c2C(=O)c2ccc([N+](=O)[O-])cc2)c(=O)oc2ccccc23)cc1. The molecule has 5 aromatic rings. The Hall–Kier alpha value is -4.72. The highest BCUT2D eigenvalue weighted by Crippen LogP contribution is 2.33. The zero-order chi connectivity index (χ0) is 23.8. The van der Waals surface area contributed by atoms with Crippen LogP contribution in [0.25, 0.3) is 21.9 Å². The number of rotatable bonds is 6. The summed E-state index contributed by atoms with van der Waals surface area (Å²) >= 11 is 0. The van der Waals surface area contributed by atoms with E-state index in [1.807, 2.05) is 12.1 Å². The van der Waals surface area contributed by atoms with Crippen molar-refractivity contribution in [2.75, 3.05) is 7.11 Å². The van der Waals surface area contributed by atoms with Crippen LogP contribution in [-0.4, -0.2) is 17.8 Å². The van der Waals surface area contributed by atoms with Gasteiger partial charge in [-0.3, -0.25) is 14.9 Å². The van der Waals surface area contributed by atoms with Gasteiger partial charge in [-0.25, -0.2) is 4.79 Å². The Labute approximate surface area is 192 Å². The zero-order valence-corrected chi connectivity index (χ0v) is 17.9. The molecular formula is C26H17NO7. The summed E-state index contributed by atoms with van der Waals surface area (Å²) in [5.41, 5.74) is 0.892. The van der Waals surface area contributed by atoms with Gasteiger partial charge in [-0.05, 0) is 42.0 Å². The van der Waals surface area contributed by atoms with Crippen molar-refractivity contribution < 1.29 is 23.3 Å². The first-order valence-electron chi connectivity index (χ1n) is 10.4. The number of furan rings is 1. The maximum Gasteiger partial charge on any atom is 0.348 e. The highest BCUT2D eigenvalue weighted by molar-refractivity contribution is 6.19. The van der Waals surface area contributed by atoms with Gasteiger partial charge in [0.1, 0.15) is 22.5 Å². The van der Waals surface area contributed by atoms with Gasteiger partial charge < -0.3 is 13.6 Å². The molecule has 0 fully saturated rings. The standard InChI is InChI=1S/C26H17NO7/c1-32-18-12-6-15(7-13-18)14-21-22(24(28)16-8-10-17(11-9-16)27(30)31)23-25(33-21)19-4-2-3-5-20(19)34-26(23)29/h2-13H,14H2,1H3. The number of nitro groups is 1. The number of fused-ring (bicyclic) bond motifs is 3. The molecule has 0 saturated carbocycles. The van der Waals surface area contributed by atoms with Crippen molar-refractivity contribution in [2.24, 2.45) is 0 Å². The van der Waals surface area contributed by atoms with Crippen LogP contribution in [-0.2, 0) is 6.42 Å². The first-order valence-corrected chi connectivity index (χ1v) is 10.4. The molecule has 0 atom stereocenters. The fourth-order valence-electron chi connectivity index (χ4n) is 3.93. The van der Waals surface area contributed by atoms with E-state index >= 15 is 0 Å². The van der Waals surface area contributed by atoms with Gasteiger partial charge in [0.25, 0.3) is 5.69 Å². The van der Waals surface area contributed by atoms with Gasteiger partial charge in [0, 0.05) is 24.1 Å². The molecule has 0 radical (unpaired) electrons. The summed E-state index contributed by atoms with van der Waals surface area (Å²) in [5, 5.41) is 11.6. The van der Waals surface area contributed by atoms with Crippen LogP contribution >= 0.6 is 0 Å². The molecule has 0 aliphatic heterocycles. The number of hydrogen-bond acceptors (Lipinski definition) is 7. The first kappa shape index (κ1) is 21.1. The molecule has 0 bridgehead atoms. The van der Waals surface area contributed by atoms with E-state index < -0.39 is 16.3 Å². The fraction of sp³-hybridized carbons (Fsp3) is 0.0769. The average Bonchev–Trinajstić information content (AvgIpc) is 3.24. The molecule has 0 aliphatic rings. The van der Waals surface area contributed by atoms with E-state index in [4.69, 9.17) is 13.6 Å². The van der Waals surface area contributed by atoms with Crippen LogP contribution in [0.4, 0.5) is 5.69 Å². The van der Waals surface area contributed by atoms with E-state index in [9.17, 15) is 19.7 Å². The van der Waals surface area contributed by atoms with Gasteiger partial charge in [0.15, 0.2) is 11.4 Å². The molecule has 0 aliphatic carbocycles. The number of methoxy groups -OCH3 is 1. The maximum atomic E-state index is 13.6. The Kier molecular flexibility index (Phi) is 5.18. The fourth-order valence-corrected chi connectivity index (χ4v) is 3.93. The third-order valence-electron chi connectivity index (χ3n) is 5.61. The monoisotopic (exact) mass is 455 g/mol. The molecule has 5 rings (SSSR count). The average molecular weight is 455 g/mol. The van der Waals surface area contributed by atoms with Crippen molar-refractivity contribution in [2.45, 2.75) is 6.42 Å². The van der Waals surface area contributed by atoms with Crippen molar-refractivity contribution in [3.8, 4) is 5.75 Å². The molecule has 8 nitrogen and oxygen atoms in total. The van der Waals surface area contributed by atoms with E-state index in [1.165, 1.54) is 24.3 Å². The zero-order valence-electron chi connectivity index (χ0n) is 17.9. The minimum absolute atomic E-state index is 0.0468. The Bertz CT molecular complexity index is 1610. The molecule has 3 aromatic carbocycles. The molecule has 168 valence electrons. The molecule has 2 heterocycles. The van der Waals surface area contributed by atoms with E-state index in [1.54, 1.807) is 43.5 Å². The molecule has 0 unspecified atom stereocenters. The number of ether oxygens (including phenoxy) is 1. The van der Waals surface area contributed by atoms with Crippen LogP contribution in [0.3, 0.4) is 0 Å². The Morgan fingerprint density at radius 2 is 1.68 bits per heavy atom. The predicted octanol–water partition coefficient (Wildman–Crippen LogP) is 5.28. The van der Waals surface area contributed by atoms with Gasteiger partial charge in [0.2, 0.25) is 0 Å². The van der Waals surface area contributed by atoms with Gasteiger partial charge in [-0.15, -0.1) is 0 Å². The minimum Gasteiger partial charge on any atom is -0.497 e. The first-order chi connectivity index (χ1) is 16.5. The van der Waals surface area contributed by atoms with Crippen LogP contribution < -0.4 is 10.4 Å². The molecule has 34 heavy (non-hydrogen) atoms. The molecule has 0 saturated heterocycles. The second-order valence-electron chi connectivity index (χ2n) is 7.65. The van der Waals surface area contributed by atoms with Gasteiger partial charge in [0.05, 0.1) is 23.0 Å². The minimum atomic E-state index is -0.691. The van der Waals surface area contributed by atoms with Crippen LogP contribution in [0, 0.1) is 10.1 Å². The van der Waals surface area contributed by atoms with Crippen molar-refractivity contribution in [3.05, 3.63) is 116 Å².